The van der Waals surface area contributed by atoms with E-state index in [2.05, 4.69) is 23.5 Å². The lowest BCUT2D eigenvalue weighted by molar-refractivity contribution is -0.143. The Morgan fingerprint density at radius 1 is 1.00 bits per heavy atom. The van der Waals surface area contributed by atoms with Crippen molar-refractivity contribution in [2.75, 3.05) is 6.54 Å². The Kier molecular flexibility index (Phi) is 12.9. The Bertz CT molecular complexity index is 949. The van der Waals surface area contributed by atoms with Gasteiger partial charge in [-0.2, -0.15) is 0 Å². The van der Waals surface area contributed by atoms with E-state index in [-0.39, 0.29) is 17.7 Å². The molecule has 0 aliphatic rings. The van der Waals surface area contributed by atoms with Crippen LogP contribution in [0.3, 0.4) is 0 Å². The first-order valence-corrected chi connectivity index (χ1v) is 13.8. The molecule has 7 heteroatoms. The molecule has 0 spiro atoms. The van der Waals surface area contributed by atoms with Crippen molar-refractivity contribution in [3.8, 4) is 12.3 Å². The number of terminal acetylenes is 1. The third kappa shape index (κ3) is 12.0. The Morgan fingerprint density at radius 3 is 2.08 bits per heavy atom. The largest absolute Gasteiger partial charge is 0.444 e. The van der Waals surface area contributed by atoms with E-state index in [1.54, 1.807) is 49.9 Å². The summed E-state index contributed by atoms with van der Waals surface area (Å²) in [6.07, 6.45) is 9.05. The first-order chi connectivity index (χ1) is 17.6. The van der Waals surface area contributed by atoms with Crippen LogP contribution in [0.25, 0.3) is 0 Å². The molecule has 1 aromatic carbocycles. The molecular weight excluding hydrogens is 478 g/mol. The lowest BCUT2D eigenvalue weighted by Gasteiger charge is -2.36. The lowest BCUT2D eigenvalue weighted by atomic mass is 9.97. The van der Waals surface area contributed by atoms with E-state index in [9.17, 15) is 14.4 Å². The van der Waals surface area contributed by atoms with Crippen molar-refractivity contribution < 1.29 is 19.1 Å². The van der Waals surface area contributed by atoms with E-state index >= 15 is 0 Å². The Labute approximate surface area is 230 Å². The molecule has 0 radical (unpaired) electrons. The summed E-state index contributed by atoms with van der Waals surface area (Å²) in [5, 5.41) is 5.84. The fraction of sp³-hybridized carbons (Fsp3) is 0.645. The maximum Gasteiger partial charge on any atom is 0.408 e. The van der Waals surface area contributed by atoms with Crippen molar-refractivity contribution in [2.45, 2.75) is 118 Å². The summed E-state index contributed by atoms with van der Waals surface area (Å²) < 4.78 is 5.46. The highest BCUT2D eigenvalue weighted by Gasteiger charge is 2.37. The summed E-state index contributed by atoms with van der Waals surface area (Å²) in [6, 6.07) is 5.42. The Morgan fingerprint density at radius 2 is 1.61 bits per heavy atom. The number of carbonyl (C=O) groups is 3. The maximum atomic E-state index is 14.2. The molecule has 3 amide bonds. The maximum absolute atomic E-state index is 14.2. The van der Waals surface area contributed by atoms with Crippen LogP contribution < -0.4 is 10.6 Å². The van der Waals surface area contributed by atoms with Gasteiger partial charge in [-0.25, -0.2) is 4.79 Å². The molecule has 212 valence electrons. The van der Waals surface area contributed by atoms with Gasteiger partial charge in [-0.15, -0.1) is 6.42 Å². The van der Waals surface area contributed by atoms with Crippen molar-refractivity contribution in [2.24, 2.45) is 5.92 Å². The van der Waals surface area contributed by atoms with E-state index < -0.39 is 29.3 Å². The summed E-state index contributed by atoms with van der Waals surface area (Å²) in [4.78, 5) is 42.3. The first kappa shape index (κ1) is 33.0. The molecule has 0 heterocycles. The molecule has 0 aromatic heterocycles. The van der Waals surface area contributed by atoms with Gasteiger partial charge in [0.05, 0.1) is 0 Å². The Balaban J connectivity index is 3.54. The normalized spacial score (nSPS) is 13.3. The predicted octanol–water partition coefficient (Wildman–Crippen LogP) is 5.97. The van der Waals surface area contributed by atoms with E-state index in [0.29, 0.717) is 24.1 Å². The smallest absolute Gasteiger partial charge is 0.408 e. The van der Waals surface area contributed by atoms with Gasteiger partial charge in [-0.05, 0) is 78.0 Å². The van der Waals surface area contributed by atoms with E-state index in [4.69, 9.17) is 11.2 Å². The van der Waals surface area contributed by atoms with Crippen LogP contribution in [0.5, 0.6) is 0 Å². The molecule has 1 aromatic rings. The quantitative estimate of drug-likeness (QED) is 0.259. The molecule has 2 unspecified atom stereocenters. The van der Waals surface area contributed by atoms with Crippen molar-refractivity contribution in [3.63, 3.8) is 0 Å². The molecule has 0 bridgehead atoms. The number of alkyl carbamates (subject to hydrolysis) is 1. The van der Waals surface area contributed by atoms with E-state index in [1.807, 2.05) is 34.6 Å². The molecular formula is C31H49N3O4. The second kappa shape index (κ2) is 14.8. The van der Waals surface area contributed by atoms with Gasteiger partial charge in [-0.3, -0.25) is 9.59 Å². The van der Waals surface area contributed by atoms with Gasteiger partial charge in [0.1, 0.15) is 17.7 Å². The van der Waals surface area contributed by atoms with Gasteiger partial charge >= 0.3 is 6.09 Å². The number of benzene rings is 1. The van der Waals surface area contributed by atoms with Gasteiger partial charge < -0.3 is 20.3 Å². The number of nitrogens with one attached hydrogen (secondary N) is 2. The van der Waals surface area contributed by atoms with Gasteiger partial charge in [0.2, 0.25) is 11.8 Å². The molecule has 1 rings (SSSR count). The van der Waals surface area contributed by atoms with Crippen LogP contribution in [0.4, 0.5) is 4.79 Å². The third-order valence-corrected chi connectivity index (χ3v) is 5.68. The molecule has 2 N–H and O–H groups in total. The number of amides is 3. The molecule has 2 atom stereocenters. The zero-order valence-corrected chi connectivity index (χ0v) is 24.9. The van der Waals surface area contributed by atoms with Crippen LogP contribution in [0.2, 0.25) is 0 Å². The minimum absolute atomic E-state index is 0.123. The summed E-state index contributed by atoms with van der Waals surface area (Å²) >= 11 is 0. The zero-order valence-electron chi connectivity index (χ0n) is 24.9. The van der Waals surface area contributed by atoms with Gasteiger partial charge in [0.15, 0.2) is 0 Å². The SMILES string of the molecule is C#Cc1ccc(C(C(=O)NC(C)(C)C)N(CCCCCC)C(=O)C(CC(C)C)NC(=O)OC(C)(C)C)cc1. The standard InChI is InChI=1S/C31H49N3O4/c1-11-13-14-15-20-34(28(36)25(21-22(3)4)32-29(37)38-31(8,9)10)26(27(35)33-30(5,6)7)24-18-16-23(12-2)17-19-24/h2,16-19,22,25-26H,11,13-15,20-21H2,1,3-10H3,(H,32,37)(H,33,35). The number of unbranched alkanes of at least 4 members (excludes halogenated alkanes) is 3. The fourth-order valence-electron chi connectivity index (χ4n) is 4.09. The van der Waals surface area contributed by atoms with Gasteiger partial charge in [0, 0.05) is 17.6 Å². The fourth-order valence-corrected chi connectivity index (χ4v) is 4.09. The minimum atomic E-state index is -0.884. The number of hydrogen-bond donors (Lipinski definition) is 2. The second-order valence-electron chi connectivity index (χ2n) is 12.3. The van der Waals surface area contributed by atoms with Crippen molar-refractivity contribution in [1.29, 1.82) is 0 Å². The number of carbonyl (C=O) groups excluding carboxylic acids is 3. The minimum Gasteiger partial charge on any atom is -0.444 e. The highest BCUT2D eigenvalue weighted by atomic mass is 16.6. The van der Waals surface area contributed by atoms with Crippen LogP contribution >= 0.6 is 0 Å². The molecule has 0 saturated carbocycles. The molecule has 0 saturated heterocycles. The molecule has 7 nitrogen and oxygen atoms in total. The number of ether oxygens (including phenoxy) is 1. The lowest BCUT2D eigenvalue weighted by Crippen LogP contribution is -2.55. The second-order valence-corrected chi connectivity index (χ2v) is 12.3. The van der Waals surface area contributed by atoms with Crippen molar-refractivity contribution in [1.82, 2.24) is 15.5 Å². The zero-order chi connectivity index (χ0) is 29.1. The van der Waals surface area contributed by atoms with Crippen LogP contribution in [-0.4, -0.2) is 46.5 Å². The van der Waals surface area contributed by atoms with Crippen LogP contribution in [0, 0.1) is 18.3 Å². The van der Waals surface area contributed by atoms with Gasteiger partial charge in [0.25, 0.3) is 0 Å². The summed E-state index contributed by atoms with van der Waals surface area (Å²) in [5.74, 6) is 2.13. The highest BCUT2D eigenvalue weighted by molar-refractivity contribution is 5.92. The monoisotopic (exact) mass is 527 g/mol. The average Bonchev–Trinajstić information content (AvgIpc) is 2.77. The Hall–Kier alpha value is -3.01. The van der Waals surface area contributed by atoms with Crippen LogP contribution in [-0.2, 0) is 14.3 Å². The predicted molar refractivity (Wildman–Crippen MR) is 153 cm³/mol. The molecule has 0 fully saturated rings. The van der Waals surface area contributed by atoms with Crippen LogP contribution in [0.1, 0.15) is 112 Å². The topological polar surface area (TPSA) is 87.7 Å². The first-order valence-electron chi connectivity index (χ1n) is 13.8. The average molecular weight is 528 g/mol. The van der Waals surface area contributed by atoms with Gasteiger partial charge in [-0.1, -0.05) is 58.1 Å². The molecule has 0 aliphatic carbocycles. The highest BCUT2D eigenvalue weighted by Crippen LogP contribution is 2.26. The van der Waals surface area contributed by atoms with Crippen molar-refractivity contribution >= 4 is 17.9 Å². The number of rotatable bonds is 12. The van der Waals surface area contributed by atoms with Crippen molar-refractivity contribution in [3.05, 3.63) is 35.4 Å². The molecule has 38 heavy (non-hydrogen) atoms. The third-order valence-electron chi connectivity index (χ3n) is 5.68. The summed E-state index contributed by atoms with van der Waals surface area (Å²) in [6.45, 7) is 17.5. The van der Waals surface area contributed by atoms with Crippen LogP contribution in [0.15, 0.2) is 24.3 Å². The number of hydrogen-bond acceptors (Lipinski definition) is 4. The van der Waals surface area contributed by atoms with E-state index in [1.165, 1.54) is 0 Å². The van der Waals surface area contributed by atoms with E-state index in [0.717, 1.165) is 25.7 Å². The summed E-state index contributed by atoms with van der Waals surface area (Å²) in [7, 11) is 0. The molecule has 0 aliphatic heterocycles. The summed E-state index contributed by atoms with van der Waals surface area (Å²) in [5.41, 5.74) is 0.143. The number of nitrogens with zero attached hydrogens (tertiary/aromatic N) is 1.